The molecule has 0 aliphatic heterocycles. The van der Waals surface area contributed by atoms with Gasteiger partial charge in [-0.25, -0.2) is 9.78 Å². The maximum atomic E-state index is 11.0. The number of carboxylic acids is 1. The Hall–Kier alpha value is -1.15. The Morgan fingerprint density at radius 1 is 1.43 bits per heavy atom. The van der Waals surface area contributed by atoms with Gasteiger partial charge in [0, 0.05) is 10.8 Å². The van der Waals surface area contributed by atoms with Crippen LogP contribution in [0.25, 0.3) is 0 Å². The van der Waals surface area contributed by atoms with Gasteiger partial charge in [0.2, 0.25) is 0 Å². The monoisotopic (exact) mass is 417 g/mol. The first-order valence-corrected chi connectivity index (χ1v) is 8.34. The van der Waals surface area contributed by atoms with Gasteiger partial charge < -0.3 is 9.84 Å². The fourth-order valence-electron chi connectivity index (χ4n) is 1.61. The second kappa shape index (κ2) is 6.31. The minimum Gasteiger partial charge on any atom is -0.485 e. The van der Waals surface area contributed by atoms with Crippen molar-refractivity contribution < 1.29 is 14.6 Å². The van der Waals surface area contributed by atoms with Gasteiger partial charge in [-0.2, -0.15) is 0 Å². The Labute approximate surface area is 141 Å². The highest BCUT2D eigenvalue weighted by molar-refractivity contribution is 14.1. The molecule has 0 spiro atoms. The average molecular weight is 417 g/mol. The van der Waals surface area contributed by atoms with Crippen molar-refractivity contribution in [3.63, 3.8) is 0 Å². The molecule has 4 nitrogen and oxygen atoms in total. The third-order valence-corrected chi connectivity index (χ3v) is 4.56. The summed E-state index contributed by atoms with van der Waals surface area (Å²) in [5.74, 6) is -0.386. The molecule has 2 aromatic rings. The summed E-state index contributed by atoms with van der Waals surface area (Å²) >= 11 is 3.68. The minimum atomic E-state index is -0.958. The predicted octanol–water partition coefficient (Wildman–Crippen LogP) is 4.32. The zero-order valence-electron chi connectivity index (χ0n) is 12.0. The molecule has 1 aromatic carbocycles. The van der Waals surface area contributed by atoms with Gasteiger partial charge in [0.15, 0.2) is 0 Å². The summed E-state index contributed by atoms with van der Waals surface area (Å²) in [6.07, 6.45) is 0. The maximum absolute atomic E-state index is 11.0. The number of hydrogen-bond donors (Lipinski definition) is 1. The van der Waals surface area contributed by atoms with Gasteiger partial charge in [-0.3, -0.25) is 0 Å². The molecule has 0 amide bonds. The lowest BCUT2D eigenvalue weighted by Gasteiger charge is -2.14. The summed E-state index contributed by atoms with van der Waals surface area (Å²) in [6.45, 7) is 6.70. The Kier molecular flexibility index (Phi) is 4.88. The van der Waals surface area contributed by atoms with E-state index >= 15 is 0 Å². The molecule has 0 aliphatic carbocycles. The van der Waals surface area contributed by atoms with E-state index in [4.69, 9.17) is 9.84 Å². The standard InChI is InChI=1S/C15H16INO3S/c1-15(2,3)12-8-21-13(17-12)7-20-11-6-9(14(18)19)4-5-10(11)16/h4-6,8H,7H2,1-3H3,(H,18,19). The smallest absolute Gasteiger partial charge is 0.335 e. The second-order valence-corrected chi connectivity index (χ2v) is 7.72. The molecule has 0 saturated carbocycles. The number of aromatic nitrogens is 1. The number of thiazole rings is 1. The van der Waals surface area contributed by atoms with Crippen LogP contribution >= 0.6 is 33.9 Å². The van der Waals surface area contributed by atoms with E-state index < -0.39 is 5.97 Å². The van der Waals surface area contributed by atoms with Crippen LogP contribution in [0.4, 0.5) is 0 Å². The van der Waals surface area contributed by atoms with E-state index in [1.807, 2.05) is 5.38 Å². The van der Waals surface area contributed by atoms with Crippen LogP contribution in [0.1, 0.15) is 41.8 Å². The molecule has 1 heterocycles. The van der Waals surface area contributed by atoms with Gasteiger partial charge in [0.25, 0.3) is 0 Å². The minimum absolute atomic E-state index is 0.0202. The lowest BCUT2D eigenvalue weighted by Crippen LogP contribution is -2.11. The molecule has 1 aromatic heterocycles. The number of benzene rings is 1. The molecule has 0 aliphatic rings. The topological polar surface area (TPSA) is 59.4 Å². The van der Waals surface area contributed by atoms with Crippen molar-refractivity contribution in [3.05, 3.63) is 43.4 Å². The van der Waals surface area contributed by atoms with E-state index in [-0.39, 0.29) is 11.0 Å². The third kappa shape index (κ3) is 4.16. The number of aromatic carboxylic acids is 1. The summed E-state index contributed by atoms with van der Waals surface area (Å²) in [5, 5.41) is 11.9. The molecule has 6 heteroatoms. The first-order valence-electron chi connectivity index (χ1n) is 6.38. The van der Waals surface area contributed by atoms with Crippen molar-refractivity contribution >= 4 is 39.9 Å². The molecular weight excluding hydrogens is 401 g/mol. The van der Waals surface area contributed by atoms with Gasteiger partial charge in [0.05, 0.1) is 14.8 Å². The predicted molar refractivity (Wildman–Crippen MR) is 91.3 cm³/mol. The van der Waals surface area contributed by atoms with Crippen LogP contribution in [0.3, 0.4) is 0 Å². The molecule has 1 N–H and O–H groups in total. The molecule has 0 saturated heterocycles. The normalized spacial score (nSPS) is 11.4. The van der Waals surface area contributed by atoms with E-state index in [1.165, 1.54) is 0 Å². The van der Waals surface area contributed by atoms with Crippen LogP contribution in [0, 0.1) is 3.57 Å². The number of halogens is 1. The quantitative estimate of drug-likeness (QED) is 0.753. The Morgan fingerprint density at radius 2 is 2.14 bits per heavy atom. The zero-order valence-corrected chi connectivity index (χ0v) is 15.0. The molecule has 0 bridgehead atoms. The molecule has 2 rings (SSSR count). The number of rotatable bonds is 4. The van der Waals surface area contributed by atoms with Crippen LogP contribution in [-0.4, -0.2) is 16.1 Å². The number of ether oxygens (including phenoxy) is 1. The largest absolute Gasteiger partial charge is 0.485 e. The Morgan fingerprint density at radius 3 is 2.71 bits per heavy atom. The fraction of sp³-hybridized carbons (Fsp3) is 0.333. The van der Waals surface area contributed by atoms with Crippen molar-refractivity contribution in [2.75, 3.05) is 0 Å². The van der Waals surface area contributed by atoms with Crippen LogP contribution in [0.2, 0.25) is 0 Å². The number of hydrogen-bond acceptors (Lipinski definition) is 4. The van der Waals surface area contributed by atoms with Crippen molar-refractivity contribution in [1.82, 2.24) is 4.98 Å². The molecule has 21 heavy (non-hydrogen) atoms. The van der Waals surface area contributed by atoms with E-state index in [2.05, 4.69) is 48.3 Å². The van der Waals surface area contributed by atoms with E-state index in [1.54, 1.807) is 29.5 Å². The lowest BCUT2D eigenvalue weighted by atomic mass is 9.93. The van der Waals surface area contributed by atoms with Gasteiger partial charge in [-0.05, 0) is 40.8 Å². The molecule has 0 fully saturated rings. The summed E-state index contributed by atoms with van der Waals surface area (Å²) in [7, 11) is 0. The summed E-state index contributed by atoms with van der Waals surface area (Å²) in [5.41, 5.74) is 1.28. The van der Waals surface area contributed by atoms with Gasteiger partial charge in [-0.1, -0.05) is 20.8 Å². The average Bonchev–Trinajstić information content (AvgIpc) is 2.86. The molecule has 112 valence electrons. The van der Waals surface area contributed by atoms with Crippen molar-refractivity contribution in [1.29, 1.82) is 0 Å². The number of nitrogens with zero attached hydrogens (tertiary/aromatic N) is 1. The first-order chi connectivity index (χ1) is 9.77. The summed E-state index contributed by atoms with van der Waals surface area (Å²) < 4.78 is 6.60. The van der Waals surface area contributed by atoms with Crippen molar-refractivity contribution in [3.8, 4) is 5.75 Å². The maximum Gasteiger partial charge on any atom is 0.335 e. The molecule has 0 unspecified atom stereocenters. The van der Waals surface area contributed by atoms with Crippen molar-refractivity contribution in [2.45, 2.75) is 32.8 Å². The third-order valence-electron chi connectivity index (χ3n) is 2.85. The Balaban J connectivity index is 2.11. The van der Waals surface area contributed by atoms with Crippen LogP contribution in [-0.2, 0) is 12.0 Å². The fourth-order valence-corrected chi connectivity index (χ4v) is 3.03. The summed E-state index contributed by atoms with van der Waals surface area (Å²) in [4.78, 5) is 15.5. The number of carboxylic acid groups (broad SMARTS) is 1. The molecule has 0 radical (unpaired) electrons. The highest BCUT2D eigenvalue weighted by Gasteiger charge is 2.17. The molecule has 0 atom stereocenters. The van der Waals surface area contributed by atoms with Crippen molar-refractivity contribution in [2.24, 2.45) is 0 Å². The highest BCUT2D eigenvalue weighted by atomic mass is 127. The summed E-state index contributed by atoms with van der Waals surface area (Å²) in [6, 6.07) is 4.85. The van der Waals surface area contributed by atoms with Gasteiger partial charge in [0.1, 0.15) is 17.4 Å². The van der Waals surface area contributed by atoms with E-state index in [0.29, 0.717) is 12.4 Å². The van der Waals surface area contributed by atoms with E-state index in [9.17, 15) is 4.79 Å². The van der Waals surface area contributed by atoms with Crippen LogP contribution < -0.4 is 4.74 Å². The van der Waals surface area contributed by atoms with E-state index in [0.717, 1.165) is 14.3 Å². The number of carbonyl (C=O) groups is 1. The Bertz CT molecular complexity index is 661. The first kappa shape index (κ1) is 16.2. The lowest BCUT2D eigenvalue weighted by molar-refractivity contribution is 0.0696. The van der Waals surface area contributed by atoms with Gasteiger partial charge in [-0.15, -0.1) is 11.3 Å². The second-order valence-electron chi connectivity index (χ2n) is 5.62. The van der Waals surface area contributed by atoms with Crippen LogP contribution in [0.5, 0.6) is 5.75 Å². The SMILES string of the molecule is CC(C)(C)c1csc(COc2cc(C(=O)O)ccc2I)n1. The molecular formula is C15H16INO3S. The van der Waals surface area contributed by atoms with Crippen LogP contribution in [0.15, 0.2) is 23.6 Å². The van der Waals surface area contributed by atoms with Gasteiger partial charge >= 0.3 is 5.97 Å². The zero-order chi connectivity index (χ0) is 15.6. The highest BCUT2D eigenvalue weighted by Crippen LogP contribution is 2.26.